The molecule has 1 aromatic carbocycles. The molecule has 1 N–H and O–H groups in total. The van der Waals surface area contributed by atoms with Gasteiger partial charge in [-0.05, 0) is 37.2 Å². The zero-order valence-electron chi connectivity index (χ0n) is 9.82. The second kappa shape index (κ2) is 4.06. The molecule has 1 spiro atoms. The van der Waals surface area contributed by atoms with E-state index >= 15 is 0 Å². The van der Waals surface area contributed by atoms with Crippen molar-refractivity contribution in [3.63, 3.8) is 0 Å². The van der Waals surface area contributed by atoms with Gasteiger partial charge in [0.15, 0.2) is 0 Å². The summed E-state index contributed by atoms with van der Waals surface area (Å²) in [5.41, 5.74) is 1.36. The van der Waals surface area contributed by atoms with Gasteiger partial charge in [0.2, 0.25) is 0 Å². The second-order valence-corrected chi connectivity index (χ2v) is 5.17. The molecule has 0 atom stereocenters. The van der Waals surface area contributed by atoms with Gasteiger partial charge in [0, 0.05) is 0 Å². The topological polar surface area (TPSA) is 38.3 Å². The number of carbonyl (C=O) groups is 1. The van der Waals surface area contributed by atoms with Crippen molar-refractivity contribution in [2.24, 2.45) is 0 Å². The fourth-order valence-corrected chi connectivity index (χ4v) is 2.99. The van der Waals surface area contributed by atoms with Gasteiger partial charge < -0.3 is 10.1 Å². The van der Waals surface area contributed by atoms with Gasteiger partial charge in [0.25, 0.3) is 0 Å². The Hall–Kier alpha value is -1.51. The van der Waals surface area contributed by atoms with E-state index in [-0.39, 0.29) is 11.6 Å². The summed E-state index contributed by atoms with van der Waals surface area (Å²) >= 11 is 0. The van der Waals surface area contributed by atoms with Crippen molar-refractivity contribution in [1.82, 2.24) is 5.32 Å². The third kappa shape index (κ3) is 2.02. The Kier molecular flexibility index (Phi) is 2.54. The lowest BCUT2D eigenvalue weighted by molar-refractivity contribution is 0.163. The fraction of sp³-hybridized carbons (Fsp3) is 0.500. The van der Waals surface area contributed by atoms with Crippen LogP contribution in [0.1, 0.15) is 37.2 Å². The monoisotopic (exact) mass is 231 g/mol. The van der Waals surface area contributed by atoms with Crippen LogP contribution in [-0.4, -0.2) is 18.2 Å². The minimum atomic E-state index is -0.247. The Balaban J connectivity index is 1.67. The Morgan fingerprint density at radius 1 is 1.18 bits per heavy atom. The number of alkyl carbamates (subject to hydrolysis) is 1. The lowest BCUT2D eigenvalue weighted by atomic mass is 9.75. The minimum Gasteiger partial charge on any atom is -0.447 e. The van der Waals surface area contributed by atoms with Crippen molar-refractivity contribution in [3.8, 4) is 0 Å². The molecule has 0 aromatic heterocycles. The van der Waals surface area contributed by atoms with Gasteiger partial charge in [-0.25, -0.2) is 4.79 Å². The molecule has 0 radical (unpaired) electrons. The third-order valence-electron chi connectivity index (χ3n) is 4.06. The summed E-state index contributed by atoms with van der Waals surface area (Å²) in [6.45, 7) is 0.549. The highest BCUT2D eigenvalue weighted by Crippen LogP contribution is 2.39. The minimum absolute atomic E-state index is 0.0671. The van der Waals surface area contributed by atoms with Gasteiger partial charge in [-0.2, -0.15) is 0 Å². The average Bonchev–Trinajstić information content (AvgIpc) is 2.73. The number of cyclic esters (lactones) is 1. The zero-order valence-corrected chi connectivity index (χ0v) is 9.82. The normalized spacial score (nSPS) is 32.2. The number of hydrogen-bond acceptors (Lipinski definition) is 2. The SMILES string of the molecule is O=C1NC2(CCC(c3ccccc3)CC2)CO1. The van der Waals surface area contributed by atoms with E-state index in [9.17, 15) is 4.79 Å². The zero-order chi connectivity index (χ0) is 11.7. The molecular weight excluding hydrogens is 214 g/mol. The summed E-state index contributed by atoms with van der Waals surface area (Å²) in [6.07, 6.45) is 4.07. The molecule has 3 nitrogen and oxygen atoms in total. The van der Waals surface area contributed by atoms with Gasteiger partial charge in [0.05, 0.1) is 5.54 Å². The van der Waals surface area contributed by atoms with Crippen LogP contribution >= 0.6 is 0 Å². The molecule has 0 unspecified atom stereocenters. The summed E-state index contributed by atoms with van der Waals surface area (Å²) in [5, 5.41) is 2.98. The van der Waals surface area contributed by atoms with E-state index in [1.54, 1.807) is 0 Å². The predicted molar refractivity (Wildman–Crippen MR) is 64.9 cm³/mol. The molecule has 3 heteroatoms. The fourth-order valence-electron chi connectivity index (χ4n) is 2.99. The van der Waals surface area contributed by atoms with Crippen molar-refractivity contribution in [3.05, 3.63) is 35.9 Å². The Morgan fingerprint density at radius 3 is 2.47 bits per heavy atom. The van der Waals surface area contributed by atoms with Crippen LogP contribution in [0.5, 0.6) is 0 Å². The number of carbonyl (C=O) groups excluding carboxylic acids is 1. The summed E-state index contributed by atoms with van der Waals surface area (Å²) in [7, 11) is 0. The molecule has 0 bridgehead atoms. The van der Waals surface area contributed by atoms with E-state index in [1.807, 2.05) is 0 Å². The summed E-state index contributed by atoms with van der Waals surface area (Å²) in [5.74, 6) is 0.638. The van der Waals surface area contributed by atoms with Gasteiger partial charge >= 0.3 is 6.09 Å². The van der Waals surface area contributed by atoms with E-state index in [1.165, 1.54) is 5.56 Å². The van der Waals surface area contributed by atoms with E-state index < -0.39 is 0 Å². The van der Waals surface area contributed by atoms with Crippen LogP contribution < -0.4 is 5.32 Å². The van der Waals surface area contributed by atoms with E-state index in [0.717, 1.165) is 25.7 Å². The lowest BCUT2D eigenvalue weighted by Crippen LogP contribution is -2.46. The molecule has 2 fully saturated rings. The van der Waals surface area contributed by atoms with Crippen LogP contribution in [0.25, 0.3) is 0 Å². The number of ether oxygens (including phenoxy) is 1. The van der Waals surface area contributed by atoms with Crippen molar-refractivity contribution in [1.29, 1.82) is 0 Å². The first-order valence-electron chi connectivity index (χ1n) is 6.27. The smallest absolute Gasteiger partial charge is 0.407 e. The molecule has 1 aliphatic carbocycles. The van der Waals surface area contributed by atoms with Gasteiger partial charge in [-0.1, -0.05) is 30.3 Å². The van der Waals surface area contributed by atoms with Crippen LogP contribution in [0.3, 0.4) is 0 Å². The molecule has 2 aliphatic rings. The largest absolute Gasteiger partial charge is 0.447 e. The molecule has 1 aromatic rings. The first kappa shape index (κ1) is 10.6. The molecule has 90 valence electrons. The van der Waals surface area contributed by atoms with Crippen molar-refractivity contribution >= 4 is 6.09 Å². The lowest BCUT2D eigenvalue weighted by Gasteiger charge is -2.35. The average molecular weight is 231 g/mol. The van der Waals surface area contributed by atoms with Crippen LogP contribution in [-0.2, 0) is 4.74 Å². The molecule has 1 saturated carbocycles. The Labute approximate surface area is 101 Å². The molecule has 1 saturated heterocycles. The summed E-state index contributed by atoms with van der Waals surface area (Å²) in [6, 6.07) is 10.7. The number of benzene rings is 1. The Morgan fingerprint density at radius 2 is 1.88 bits per heavy atom. The molecule has 1 heterocycles. The molecule has 17 heavy (non-hydrogen) atoms. The summed E-state index contributed by atoms with van der Waals surface area (Å²) < 4.78 is 5.04. The van der Waals surface area contributed by atoms with Gasteiger partial charge in [-0.3, -0.25) is 0 Å². The Bertz CT molecular complexity index is 407. The maximum absolute atomic E-state index is 11.1. The van der Waals surface area contributed by atoms with Crippen LogP contribution in [0, 0.1) is 0 Å². The molecule has 1 amide bonds. The highest BCUT2D eigenvalue weighted by molar-refractivity contribution is 5.70. The number of rotatable bonds is 1. The number of amides is 1. The molecule has 3 rings (SSSR count). The second-order valence-electron chi connectivity index (χ2n) is 5.17. The highest BCUT2D eigenvalue weighted by atomic mass is 16.6. The van der Waals surface area contributed by atoms with Gasteiger partial charge in [-0.15, -0.1) is 0 Å². The number of hydrogen-bond donors (Lipinski definition) is 1. The van der Waals surface area contributed by atoms with E-state index in [2.05, 4.69) is 35.6 Å². The maximum atomic E-state index is 11.1. The van der Waals surface area contributed by atoms with Gasteiger partial charge in [0.1, 0.15) is 6.61 Å². The van der Waals surface area contributed by atoms with Crippen molar-refractivity contribution in [2.45, 2.75) is 37.1 Å². The molecular formula is C14H17NO2. The summed E-state index contributed by atoms with van der Waals surface area (Å²) in [4.78, 5) is 11.1. The van der Waals surface area contributed by atoms with Crippen LogP contribution in [0.4, 0.5) is 4.79 Å². The van der Waals surface area contributed by atoms with E-state index in [4.69, 9.17) is 4.74 Å². The molecule has 1 aliphatic heterocycles. The van der Waals surface area contributed by atoms with Crippen molar-refractivity contribution < 1.29 is 9.53 Å². The van der Waals surface area contributed by atoms with Crippen LogP contribution in [0.2, 0.25) is 0 Å². The first-order chi connectivity index (χ1) is 8.27. The third-order valence-corrected chi connectivity index (χ3v) is 4.06. The maximum Gasteiger partial charge on any atom is 0.407 e. The standard InChI is InChI=1S/C14H17NO2/c16-13-15-14(10-17-13)8-6-12(7-9-14)11-4-2-1-3-5-11/h1-5,12H,6-10H2,(H,15,16). The quantitative estimate of drug-likeness (QED) is 0.807. The van der Waals surface area contributed by atoms with E-state index in [0.29, 0.717) is 12.5 Å². The van der Waals surface area contributed by atoms with Crippen molar-refractivity contribution in [2.75, 3.05) is 6.61 Å². The predicted octanol–water partition coefficient (Wildman–Crippen LogP) is 2.82. The first-order valence-corrected chi connectivity index (χ1v) is 6.27. The highest BCUT2D eigenvalue weighted by Gasteiger charge is 2.42. The number of nitrogens with one attached hydrogen (secondary N) is 1. The van der Waals surface area contributed by atoms with Crippen LogP contribution in [0.15, 0.2) is 30.3 Å².